The van der Waals surface area contributed by atoms with Gasteiger partial charge >= 0.3 is 6.18 Å². The molecule has 6 nitrogen and oxygen atoms in total. The predicted molar refractivity (Wildman–Crippen MR) is 92.1 cm³/mol. The Morgan fingerprint density at radius 1 is 1.27 bits per heavy atom. The number of ether oxygens (including phenoxy) is 3. The largest absolute Gasteiger partial charge is 0.469 e. The molecule has 0 saturated carbocycles. The van der Waals surface area contributed by atoms with E-state index >= 15 is 0 Å². The number of nitrogens with one attached hydrogen (secondary N) is 1. The molecule has 0 unspecified atom stereocenters. The molecule has 2 aromatic rings. The highest BCUT2D eigenvalue weighted by Crippen LogP contribution is 2.36. The van der Waals surface area contributed by atoms with Gasteiger partial charge in [-0.1, -0.05) is 11.3 Å². The van der Waals surface area contributed by atoms with Crippen molar-refractivity contribution in [2.24, 2.45) is 7.05 Å². The quantitative estimate of drug-likeness (QED) is 0.495. The summed E-state index contributed by atoms with van der Waals surface area (Å²) in [5.41, 5.74) is -0.506. The van der Waals surface area contributed by atoms with Crippen LogP contribution in [0.1, 0.15) is 18.5 Å². The fourth-order valence-corrected chi connectivity index (χ4v) is 3.12. The first kappa shape index (κ1) is 20.7. The van der Waals surface area contributed by atoms with Crippen LogP contribution in [0.15, 0.2) is 18.2 Å². The van der Waals surface area contributed by atoms with Crippen LogP contribution in [0.25, 0.3) is 10.6 Å². The van der Waals surface area contributed by atoms with Crippen molar-refractivity contribution in [3.63, 3.8) is 0 Å². The van der Waals surface area contributed by atoms with Gasteiger partial charge in [-0.15, -0.1) is 0 Å². The molecule has 0 aliphatic carbocycles. The van der Waals surface area contributed by atoms with Crippen LogP contribution in [-0.4, -0.2) is 43.6 Å². The van der Waals surface area contributed by atoms with E-state index in [1.165, 1.54) is 18.4 Å². The number of methoxy groups -OCH3 is 2. The van der Waals surface area contributed by atoms with E-state index in [1.807, 2.05) is 0 Å². The molecule has 26 heavy (non-hydrogen) atoms. The monoisotopic (exact) mass is 393 g/mol. The first-order chi connectivity index (χ1) is 12.3. The van der Waals surface area contributed by atoms with Gasteiger partial charge in [0.1, 0.15) is 18.1 Å². The third kappa shape index (κ3) is 5.70. The summed E-state index contributed by atoms with van der Waals surface area (Å²) in [6.45, 7) is 1.04. The van der Waals surface area contributed by atoms with Crippen LogP contribution in [0.2, 0.25) is 0 Å². The summed E-state index contributed by atoms with van der Waals surface area (Å²) in [5.74, 6) is 0. The van der Waals surface area contributed by atoms with Gasteiger partial charge in [0.05, 0.1) is 4.88 Å². The highest BCUT2D eigenvalue weighted by Gasteiger charge is 2.35. The van der Waals surface area contributed by atoms with Crippen LogP contribution in [-0.2, 0) is 22.7 Å². The van der Waals surface area contributed by atoms with Gasteiger partial charge in [0, 0.05) is 21.3 Å². The smallest absolute Gasteiger partial charge is 0.433 e. The molecule has 0 bridgehead atoms. The molecule has 0 amide bonds. The lowest BCUT2D eigenvalue weighted by atomic mass is 10.3. The second-order valence-electron chi connectivity index (χ2n) is 5.49. The van der Waals surface area contributed by atoms with Gasteiger partial charge in [-0.05, 0) is 37.6 Å². The van der Waals surface area contributed by atoms with Gasteiger partial charge < -0.3 is 14.2 Å². The predicted octanol–water partition coefficient (Wildman–Crippen LogP) is 3.49. The Labute approximate surface area is 153 Å². The van der Waals surface area contributed by atoms with E-state index in [1.54, 1.807) is 26.4 Å². The average molecular weight is 393 g/mol. The zero-order valence-electron chi connectivity index (χ0n) is 14.8. The van der Waals surface area contributed by atoms with Crippen LogP contribution in [0, 0.1) is 0 Å². The first-order valence-electron chi connectivity index (χ1n) is 7.95. The molecule has 0 aliphatic rings. The number of aryl methyl sites for hydroxylation is 1. The van der Waals surface area contributed by atoms with Crippen molar-refractivity contribution in [2.45, 2.75) is 25.3 Å². The zero-order valence-corrected chi connectivity index (χ0v) is 15.6. The van der Waals surface area contributed by atoms with Crippen molar-refractivity contribution in [1.82, 2.24) is 15.1 Å². The summed E-state index contributed by atoms with van der Waals surface area (Å²) in [4.78, 5) is 0.620. The van der Waals surface area contributed by atoms with Crippen LogP contribution in [0.4, 0.5) is 13.2 Å². The van der Waals surface area contributed by atoms with Crippen molar-refractivity contribution < 1.29 is 27.4 Å². The van der Waals surface area contributed by atoms with Crippen LogP contribution in [0.5, 0.6) is 5.06 Å². The Hall–Kier alpha value is -1.62. The van der Waals surface area contributed by atoms with E-state index in [0.717, 1.165) is 30.1 Å². The van der Waals surface area contributed by atoms with Gasteiger partial charge in [0.25, 0.3) is 0 Å². The Morgan fingerprint density at radius 3 is 2.62 bits per heavy atom. The number of rotatable bonds is 10. The van der Waals surface area contributed by atoms with Gasteiger partial charge in [-0.2, -0.15) is 18.3 Å². The second-order valence-corrected chi connectivity index (χ2v) is 6.53. The minimum atomic E-state index is -4.43. The van der Waals surface area contributed by atoms with Crippen molar-refractivity contribution >= 4 is 11.3 Å². The SMILES string of the molecule is COC(CCCNCOc1ccc(-c2cc(C(F)(F)F)n(C)n2)s1)OC. The summed E-state index contributed by atoms with van der Waals surface area (Å²) in [6.07, 6.45) is -3.01. The van der Waals surface area contributed by atoms with Gasteiger partial charge in [-0.25, -0.2) is 0 Å². The number of hydrogen-bond acceptors (Lipinski definition) is 6. The number of aromatic nitrogens is 2. The molecular weight excluding hydrogens is 371 g/mol. The average Bonchev–Trinajstić information content (AvgIpc) is 3.20. The zero-order chi connectivity index (χ0) is 19.2. The number of halogens is 3. The summed E-state index contributed by atoms with van der Waals surface area (Å²) < 4.78 is 55.1. The van der Waals surface area contributed by atoms with E-state index < -0.39 is 11.9 Å². The van der Waals surface area contributed by atoms with Crippen molar-refractivity contribution in [1.29, 1.82) is 0 Å². The number of thiophene rings is 1. The second kappa shape index (κ2) is 9.36. The lowest BCUT2D eigenvalue weighted by Gasteiger charge is -2.13. The molecule has 10 heteroatoms. The van der Waals surface area contributed by atoms with Crippen LogP contribution < -0.4 is 10.1 Å². The molecule has 2 aromatic heterocycles. The molecule has 0 atom stereocenters. The van der Waals surface area contributed by atoms with Crippen molar-refractivity contribution in [2.75, 3.05) is 27.5 Å². The van der Waals surface area contributed by atoms with E-state index in [4.69, 9.17) is 14.2 Å². The summed E-state index contributed by atoms with van der Waals surface area (Å²) in [6, 6.07) is 4.45. The number of hydrogen-bond donors (Lipinski definition) is 1. The normalized spacial score (nSPS) is 12.1. The molecule has 2 rings (SSSR count). The van der Waals surface area contributed by atoms with E-state index in [-0.39, 0.29) is 12.0 Å². The Morgan fingerprint density at radius 2 is 2.00 bits per heavy atom. The molecule has 0 aliphatic heterocycles. The molecular formula is C16H22F3N3O3S. The Bertz CT molecular complexity index is 684. The highest BCUT2D eigenvalue weighted by molar-refractivity contribution is 7.17. The highest BCUT2D eigenvalue weighted by atomic mass is 32.1. The van der Waals surface area contributed by atoms with E-state index in [9.17, 15) is 13.2 Å². The van der Waals surface area contributed by atoms with E-state index in [0.29, 0.717) is 16.7 Å². The van der Waals surface area contributed by atoms with Gasteiger partial charge in [0.2, 0.25) is 0 Å². The number of alkyl halides is 3. The maximum absolute atomic E-state index is 12.8. The van der Waals surface area contributed by atoms with Crippen LogP contribution in [0.3, 0.4) is 0 Å². The number of nitrogens with zero attached hydrogens (tertiary/aromatic N) is 2. The molecule has 2 heterocycles. The molecule has 0 saturated heterocycles. The molecule has 1 N–H and O–H groups in total. The van der Waals surface area contributed by atoms with E-state index in [2.05, 4.69) is 10.4 Å². The maximum atomic E-state index is 12.8. The van der Waals surface area contributed by atoms with Crippen molar-refractivity contribution in [3.05, 3.63) is 23.9 Å². The first-order valence-corrected chi connectivity index (χ1v) is 8.77. The van der Waals surface area contributed by atoms with Gasteiger partial charge in [-0.3, -0.25) is 10.00 Å². The molecule has 146 valence electrons. The van der Waals surface area contributed by atoms with Gasteiger partial charge in [0.15, 0.2) is 11.4 Å². The minimum absolute atomic E-state index is 0.211. The third-order valence-corrected chi connectivity index (χ3v) is 4.66. The standard InChI is InChI=1S/C16H22F3N3O3S/c1-22-13(16(17,18)19)9-11(21-22)12-6-7-15(26-12)25-10-20-8-4-5-14(23-2)24-3/h6-7,9,14,20H,4-5,8,10H2,1-3H3. The Kier molecular flexibility index (Phi) is 7.44. The lowest BCUT2D eigenvalue weighted by molar-refractivity contribution is -0.143. The molecule has 0 fully saturated rings. The summed E-state index contributed by atoms with van der Waals surface area (Å²) in [7, 11) is 4.47. The third-order valence-electron chi connectivity index (χ3n) is 3.64. The molecule has 0 radical (unpaired) electrons. The minimum Gasteiger partial charge on any atom is -0.469 e. The summed E-state index contributed by atoms with van der Waals surface area (Å²) in [5, 5.41) is 7.66. The maximum Gasteiger partial charge on any atom is 0.433 e. The Balaban J connectivity index is 1.80. The summed E-state index contributed by atoms with van der Waals surface area (Å²) >= 11 is 1.25. The lowest BCUT2D eigenvalue weighted by Crippen LogP contribution is -2.23. The van der Waals surface area contributed by atoms with Crippen LogP contribution >= 0.6 is 11.3 Å². The topological polar surface area (TPSA) is 57.5 Å². The molecule has 0 aromatic carbocycles. The molecule has 0 spiro atoms. The fourth-order valence-electron chi connectivity index (χ4n) is 2.31. The fraction of sp³-hybridized carbons (Fsp3) is 0.562. The van der Waals surface area contributed by atoms with Crippen molar-refractivity contribution in [3.8, 4) is 15.6 Å².